The summed E-state index contributed by atoms with van der Waals surface area (Å²) in [5.74, 6) is -1.42. The molecule has 2 amide bonds. The molecule has 3 rings (SSSR count). The van der Waals surface area contributed by atoms with Crippen LogP contribution in [0, 0.1) is 11.6 Å². The van der Waals surface area contributed by atoms with Crippen LogP contribution in [-0.2, 0) is 10.0 Å². The Morgan fingerprint density at radius 1 is 1.09 bits per heavy atom. The van der Waals surface area contributed by atoms with Gasteiger partial charge in [0.05, 0.1) is 10.9 Å². The Labute approximate surface area is 187 Å². The monoisotopic (exact) mass is 466 g/mol. The van der Waals surface area contributed by atoms with Crippen LogP contribution in [0.15, 0.2) is 47.4 Å². The summed E-state index contributed by atoms with van der Waals surface area (Å²) in [6.45, 7) is 4.00. The van der Waals surface area contributed by atoms with Gasteiger partial charge in [-0.3, -0.25) is 0 Å². The van der Waals surface area contributed by atoms with Crippen LogP contribution in [0.2, 0.25) is 0 Å². The van der Waals surface area contributed by atoms with Crippen LogP contribution < -0.4 is 10.6 Å². The third kappa shape index (κ3) is 5.81. The Hall–Kier alpha value is -2.56. The summed E-state index contributed by atoms with van der Waals surface area (Å²) in [4.78, 5) is 14.7. The SMILES string of the molecule is CCCC(NC(=O)Nc1cccc(S(=O)(=O)N2CCN(C)CC2)c1)c1ccc(F)cc1F. The second-order valence-corrected chi connectivity index (χ2v) is 9.78. The Kier molecular flexibility index (Phi) is 7.81. The second-order valence-electron chi connectivity index (χ2n) is 7.84. The first kappa shape index (κ1) is 24.1. The topological polar surface area (TPSA) is 81.8 Å². The summed E-state index contributed by atoms with van der Waals surface area (Å²) in [5, 5.41) is 5.31. The molecule has 7 nitrogen and oxygen atoms in total. The van der Waals surface area contributed by atoms with Gasteiger partial charge in [-0.15, -0.1) is 0 Å². The van der Waals surface area contributed by atoms with E-state index in [9.17, 15) is 22.0 Å². The van der Waals surface area contributed by atoms with Gasteiger partial charge in [0.15, 0.2) is 0 Å². The van der Waals surface area contributed by atoms with E-state index in [0.29, 0.717) is 44.7 Å². The Bertz CT molecular complexity index is 1060. The summed E-state index contributed by atoms with van der Waals surface area (Å²) >= 11 is 0. The number of hydrogen-bond acceptors (Lipinski definition) is 4. The van der Waals surface area contributed by atoms with Crippen LogP contribution in [0.4, 0.5) is 19.3 Å². The highest BCUT2D eigenvalue weighted by Gasteiger charge is 2.27. The number of piperazine rings is 1. The summed E-state index contributed by atoms with van der Waals surface area (Å²) < 4.78 is 54.8. The Balaban J connectivity index is 1.72. The van der Waals surface area contributed by atoms with Crippen LogP contribution in [-0.4, -0.2) is 56.9 Å². The fourth-order valence-electron chi connectivity index (χ4n) is 3.62. The van der Waals surface area contributed by atoms with Crippen molar-refractivity contribution in [2.75, 3.05) is 38.5 Å². The van der Waals surface area contributed by atoms with E-state index in [2.05, 4.69) is 15.5 Å². The lowest BCUT2D eigenvalue weighted by atomic mass is 10.0. The van der Waals surface area contributed by atoms with Gasteiger partial charge in [0, 0.05) is 43.5 Å². The standard InChI is InChI=1S/C22H28F2N4O3S/c1-3-5-21(19-9-8-16(23)14-20(19)24)26-22(29)25-17-6-4-7-18(15-17)32(30,31)28-12-10-27(2)11-13-28/h4,6-9,14-15,21H,3,5,10-13H2,1-2H3,(H2,25,26,29). The van der Waals surface area contributed by atoms with Gasteiger partial charge in [-0.2, -0.15) is 4.31 Å². The number of amides is 2. The lowest BCUT2D eigenvalue weighted by molar-refractivity contribution is 0.222. The molecule has 0 bridgehead atoms. The predicted octanol–water partition coefficient (Wildman–Crippen LogP) is 3.56. The van der Waals surface area contributed by atoms with E-state index in [1.807, 2.05) is 14.0 Å². The zero-order chi connectivity index (χ0) is 23.3. The minimum atomic E-state index is -3.68. The van der Waals surface area contributed by atoms with Crippen LogP contribution in [0.25, 0.3) is 0 Å². The van der Waals surface area contributed by atoms with E-state index < -0.39 is 33.7 Å². The average Bonchev–Trinajstić information content (AvgIpc) is 2.74. The van der Waals surface area contributed by atoms with E-state index in [-0.39, 0.29) is 10.5 Å². The molecule has 1 saturated heterocycles. The molecule has 1 fully saturated rings. The molecule has 1 aliphatic heterocycles. The molecule has 1 atom stereocenters. The number of urea groups is 1. The van der Waals surface area contributed by atoms with Gasteiger partial charge in [0.2, 0.25) is 10.0 Å². The van der Waals surface area contributed by atoms with Gasteiger partial charge in [-0.25, -0.2) is 22.0 Å². The number of hydrogen-bond donors (Lipinski definition) is 2. The second kappa shape index (κ2) is 10.4. The number of nitrogens with one attached hydrogen (secondary N) is 2. The average molecular weight is 467 g/mol. The molecule has 2 aromatic carbocycles. The molecule has 32 heavy (non-hydrogen) atoms. The first-order valence-electron chi connectivity index (χ1n) is 10.5. The molecule has 1 heterocycles. The minimum Gasteiger partial charge on any atom is -0.331 e. The molecule has 1 unspecified atom stereocenters. The first-order valence-corrected chi connectivity index (χ1v) is 12.0. The third-order valence-electron chi connectivity index (χ3n) is 5.41. The van der Waals surface area contributed by atoms with Crippen molar-refractivity contribution in [2.45, 2.75) is 30.7 Å². The minimum absolute atomic E-state index is 0.0922. The van der Waals surface area contributed by atoms with Gasteiger partial charge in [0.25, 0.3) is 0 Å². The quantitative estimate of drug-likeness (QED) is 0.654. The number of carbonyl (C=O) groups excluding carboxylic acids is 1. The molecule has 2 N–H and O–H groups in total. The lowest BCUT2D eigenvalue weighted by Crippen LogP contribution is -2.47. The van der Waals surface area contributed by atoms with Crippen molar-refractivity contribution in [2.24, 2.45) is 0 Å². The van der Waals surface area contributed by atoms with Gasteiger partial charge < -0.3 is 15.5 Å². The smallest absolute Gasteiger partial charge is 0.319 e. The van der Waals surface area contributed by atoms with Crippen LogP contribution in [0.3, 0.4) is 0 Å². The van der Waals surface area contributed by atoms with Gasteiger partial charge in [-0.05, 0) is 37.7 Å². The van der Waals surface area contributed by atoms with E-state index in [4.69, 9.17) is 0 Å². The van der Waals surface area contributed by atoms with Gasteiger partial charge in [-0.1, -0.05) is 25.5 Å². The molecule has 10 heteroatoms. The molecule has 0 aliphatic carbocycles. The zero-order valence-electron chi connectivity index (χ0n) is 18.1. The highest BCUT2D eigenvalue weighted by Crippen LogP contribution is 2.24. The highest BCUT2D eigenvalue weighted by molar-refractivity contribution is 7.89. The number of anilines is 1. The molecule has 0 saturated carbocycles. The predicted molar refractivity (Wildman–Crippen MR) is 119 cm³/mol. The highest BCUT2D eigenvalue weighted by atomic mass is 32.2. The van der Waals surface area contributed by atoms with Crippen molar-refractivity contribution in [1.82, 2.24) is 14.5 Å². The fourth-order valence-corrected chi connectivity index (χ4v) is 5.08. The van der Waals surface area contributed by atoms with Gasteiger partial charge >= 0.3 is 6.03 Å². The van der Waals surface area contributed by atoms with Gasteiger partial charge in [0.1, 0.15) is 11.6 Å². The molecule has 0 spiro atoms. The zero-order valence-corrected chi connectivity index (χ0v) is 19.0. The number of halogens is 2. The molecular weight excluding hydrogens is 438 g/mol. The molecule has 0 aromatic heterocycles. The van der Waals surface area contributed by atoms with Crippen LogP contribution in [0.1, 0.15) is 31.4 Å². The van der Waals surface area contributed by atoms with E-state index in [1.165, 1.54) is 22.5 Å². The first-order chi connectivity index (χ1) is 15.2. The Morgan fingerprint density at radius 2 is 1.81 bits per heavy atom. The molecule has 174 valence electrons. The molecular formula is C22H28F2N4O3S. The summed E-state index contributed by atoms with van der Waals surface area (Å²) in [7, 11) is -1.74. The van der Waals surface area contributed by atoms with Crippen molar-refractivity contribution >= 4 is 21.7 Å². The number of carbonyl (C=O) groups is 1. The molecule has 1 aliphatic rings. The van der Waals surface area contributed by atoms with Crippen molar-refractivity contribution in [3.05, 3.63) is 59.7 Å². The van der Waals surface area contributed by atoms with E-state index in [1.54, 1.807) is 12.1 Å². The van der Waals surface area contributed by atoms with Crippen molar-refractivity contribution in [3.63, 3.8) is 0 Å². The van der Waals surface area contributed by atoms with Crippen LogP contribution in [0.5, 0.6) is 0 Å². The summed E-state index contributed by atoms with van der Waals surface area (Å²) in [6.07, 6.45) is 1.12. The number of nitrogens with zero attached hydrogens (tertiary/aromatic N) is 2. The number of likely N-dealkylation sites (N-methyl/N-ethyl adjacent to an activating group) is 1. The maximum absolute atomic E-state index is 14.2. The maximum Gasteiger partial charge on any atom is 0.319 e. The number of rotatable bonds is 7. The van der Waals surface area contributed by atoms with Crippen molar-refractivity contribution < 1.29 is 22.0 Å². The molecule has 0 radical (unpaired) electrons. The number of benzene rings is 2. The van der Waals surface area contributed by atoms with E-state index in [0.717, 1.165) is 12.1 Å². The maximum atomic E-state index is 14.2. The molecule has 2 aromatic rings. The third-order valence-corrected chi connectivity index (χ3v) is 7.31. The van der Waals surface area contributed by atoms with E-state index >= 15 is 0 Å². The van der Waals surface area contributed by atoms with Crippen molar-refractivity contribution in [3.8, 4) is 0 Å². The lowest BCUT2D eigenvalue weighted by Gasteiger charge is -2.31. The summed E-state index contributed by atoms with van der Waals surface area (Å²) in [5.41, 5.74) is 0.488. The summed E-state index contributed by atoms with van der Waals surface area (Å²) in [6, 6.07) is 8.01. The fraction of sp³-hybridized carbons (Fsp3) is 0.409. The normalized spacial score (nSPS) is 16.5. The largest absolute Gasteiger partial charge is 0.331 e. The van der Waals surface area contributed by atoms with Crippen LogP contribution >= 0.6 is 0 Å². The Morgan fingerprint density at radius 3 is 2.47 bits per heavy atom. The number of sulfonamides is 1. The van der Waals surface area contributed by atoms with Crippen molar-refractivity contribution in [1.29, 1.82) is 0 Å².